The zero-order chi connectivity index (χ0) is 26.6. The number of halogens is 3. The van der Waals surface area contributed by atoms with E-state index in [0.717, 1.165) is 22.9 Å². The number of ketones is 1. The van der Waals surface area contributed by atoms with Gasteiger partial charge in [-0.3, -0.25) is 9.59 Å². The molecule has 1 N–H and O–H groups in total. The quantitative estimate of drug-likeness (QED) is 0.442. The third-order valence-electron chi connectivity index (χ3n) is 7.23. The Hall–Kier alpha value is -4.08. The Labute approximate surface area is 215 Å². The zero-order valence-electron chi connectivity index (χ0n) is 20.3. The summed E-state index contributed by atoms with van der Waals surface area (Å²) in [5, 5.41) is 2.75. The van der Waals surface area contributed by atoms with Crippen LogP contribution in [0.4, 0.5) is 19.0 Å². The van der Waals surface area contributed by atoms with Crippen molar-refractivity contribution in [1.29, 1.82) is 0 Å². The molecular weight excluding hydrogens is 501 g/mol. The van der Waals surface area contributed by atoms with E-state index in [9.17, 15) is 22.8 Å². The van der Waals surface area contributed by atoms with Gasteiger partial charge in [0.25, 0.3) is 0 Å². The number of ether oxygens (including phenoxy) is 3. The molecule has 2 aromatic carbocycles. The molecule has 3 aliphatic rings. The van der Waals surface area contributed by atoms with E-state index in [-0.39, 0.29) is 48.2 Å². The van der Waals surface area contributed by atoms with Gasteiger partial charge in [-0.2, -0.15) is 13.2 Å². The first-order valence-electron chi connectivity index (χ1n) is 12.2. The van der Waals surface area contributed by atoms with Gasteiger partial charge in [0.2, 0.25) is 5.91 Å². The van der Waals surface area contributed by atoms with Gasteiger partial charge in [0.15, 0.2) is 0 Å². The van der Waals surface area contributed by atoms with Crippen molar-refractivity contribution < 1.29 is 37.0 Å². The van der Waals surface area contributed by atoms with Crippen molar-refractivity contribution in [2.24, 2.45) is 5.92 Å². The number of anilines is 1. The van der Waals surface area contributed by atoms with Gasteiger partial charge in [-0.1, -0.05) is 6.07 Å². The topological polar surface area (TPSA) is 86.8 Å². The standard InChI is InChI=1S/C28H23F3N2O5/c1-36-23-5-2-14(11-20(23)28(29,30)31)10-15(34)12-19-25-18-13-16(3-6-21(18)38-26(19)25)37-22-8-9-32-27-17(22)4-7-24(35)33-27/h2-3,5-6,8-9,11,13,19,25-26H,4,7,10,12H2,1H3,(H,32,33,35)/t19?,25-,26+/m0/s1. The summed E-state index contributed by atoms with van der Waals surface area (Å²) in [6, 6.07) is 11.0. The normalized spacial score (nSPS) is 20.9. The summed E-state index contributed by atoms with van der Waals surface area (Å²) in [5.74, 6) is 1.97. The van der Waals surface area contributed by atoms with Gasteiger partial charge in [-0.25, -0.2) is 4.98 Å². The van der Waals surface area contributed by atoms with Crippen LogP contribution in [0, 0.1) is 5.92 Å². The fourth-order valence-corrected chi connectivity index (χ4v) is 5.39. The van der Waals surface area contributed by atoms with Crippen LogP contribution in [0.25, 0.3) is 0 Å². The second-order valence-electron chi connectivity index (χ2n) is 9.71. The monoisotopic (exact) mass is 524 g/mol. The summed E-state index contributed by atoms with van der Waals surface area (Å²) in [4.78, 5) is 28.7. The molecule has 1 aromatic heterocycles. The first-order valence-corrected chi connectivity index (χ1v) is 12.2. The molecule has 0 spiro atoms. The van der Waals surface area contributed by atoms with Crippen LogP contribution in [0.15, 0.2) is 48.7 Å². The van der Waals surface area contributed by atoms with Crippen molar-refractivity contribution in [3.05, 3.63) is 70.9 Å². The number of alkyl halides is 3. The highest BCUT2D eigenvalue weighted by molar-refractivity contribution is 5.93. The molecule has 1 unspecified atom stereocenters. The van der Waals surface area contributed by atoms with Crippen LogP contribution >= 0.6 is 0 Å². The largest absolute Gasteiger partial charge is 0.496 e. The number of nitrogens with zero attached hydrogens (tertiary/aromatic N) is 1. The Morgan fingerprint density at radius 1 is 1.13 bits per heavy atom. The summed E-state index contributed by atoms with van der Waals surface area (Å²) >= 11 is 0. The lowest BCUT2D eigenvalue weighted by molar-refractivity contribution is -0.139. The maximum absolute atomic E-state index is 13.3. The Balaban J connectivity index is 1.13. The van der Waals surface area contributed by atoms with Crippen molar-refractivity contribution in [3.8, 4) is 23.0 Å². The summed E-state index contributed by atoms with van der Waals surface area (Å²) in [7, 11) is 1.18. The number of methoxy groups -OCH3 is 1. The van der Waals surface area contributed by atoms with Crippen LogP contribution in [-0.2, 0) is 28.6 Å². The molecule has 0 bridgehead atoms. The summed E-state index contributed by atoms with van der Waals surface area (Å²) in [6.07, 6.45) is -2.11. The molecule has 3 atom stereocenters. The van der Waals surface area contributed by atoms with E-state index < -0.39 is 11.7 Å². The third-order valence-corrected chi connectivity index (χ3v) is 7.23. The number of amides is 1. The molecule has 3 aromatic rings. The number of Topliss-reactive ketones (excluding diaryl/α,β-unsaturated/α-hetero) is 1. The lowest BCUT2D eigenvalue weighted by Gasteiger charge is -2.19. The van der Waals surface area contributed by atoms with E-state index in [1.807, 2.05) is 12.1 Å². The third kappa shape index (κ3) is 4.44. The average Bonchev–Trinajstić information content (AvgIpc) is 3.39. The fourth-order valence-electron chi connectivity index (χ4n) is 5.39. The van der Waals surface area contributed by atoms with Crippen molar-refractivity contribution in [3.63, 3.8) is 0 Å². The number of benzene rings is 2. The SMILES string of the molecule is COc1ccc(CC(=O)CC2[C@H]3Oc4ccc(Oc5ccnc6c5CCC(=O)N6)cc4[C@@H]23)cc1C(F)(F)F. The first kappa shape index (κ1) is 24.3. The van der Waals surface area contributed by atoms with Gasteiger partial charge >= 0.3 is 6.18 Å². The summed E-state index contributed by atoms with van der Waals surface area (Å²) in [5.41, 5.74) is 1.19. The number of rotatable bonds is 7. The number of pyridine rings is 1. The smallest absolute Gasteiger partial charge is 0.419 e. The van der Waals surface area contributed by atoms with Gasteiger partial charge in [0.1, 0.15) is 40.7 Å². The number of hydrogen-bond acceptors (Lipinski definition) is 6. The van der Waals surface area contributed by atoms with Crippen LogP contribution in [0.3, 0.4) is 0 Å². The number of hydrogen-bond donors (Lipinski definition) is 1. The molecule has 7 nitrogen and oxygen atoms in total. The Morgan fingerprint density at radius 2 is 1.97 bits per heavy atom. The maximum atomic E-state index is 13.3. The number of carbonyl (C=O) groups excluding carboxylic acids is 2. The minimum absolute atomic E-state index is 0.0322. The minimum atomic E-state index is -4.57. The van der Waals surface area contributed by atoms with E-state index in [1.165, 1.54) is 19.2 Å². The van der Waals surface area contributed by atoms with E-state index in [1.54, 1.807) is 18.3 Å². The maximum Gasteiger partial charge on any atom is 0.419 e. The molecule has 1 fully saturated rings. The van der Waals surface area contributed by atoms with Crippen LogP contribution in [0.1, 0.15) is 41.0 Å². The van der Waals surface area contributed by atoms with Crippen LogP contribution < -0.4 is 19.5 Å². The first-order chi connectivity index (χ1) is 18.2. The molecule has 3 heterocycles. The second kappa shape index (κ2) is 9.04. The Morgan fingerprint density at radius 3 is 2.76 bits per heavy atom. The highest BCUT2D eigenvalue weighted by Gasteiger charge is 2.59. The number of fused-ring (bicyclic) bond motifs is 4. The van der Waals surface area contributed by atoms with E-state index in [0.29, 0.717) is 35.7 Å². The van der Waals surface area contributed by atoms with Crippen molar-refractivity contribution in [1.82, 2.24) is 4.98 Å². The Kier molecular flexibility index (Phi) is 5.77. The molecular formula is C28H23F3N2O5. The van der Waals surface area contributed by atoms with E-state index in [2.05, 4.69) is 10.3 Å². The highest BCUT2D eigenvalue weighted by Crippen LogP contribution is 2.60. The lowest BCUT2D eigenvalue weighted by atomic mass is 10.00. The predicted octanol–water partition coefficient (Wildman–Crippen LogP) is 5.46. The lowest BCUT2D eigenvalue weighted by Crippen LogP contribution is -2.20. The van der Waals surface area contributed by atoms with Crippen molar-refractivity contribution in [2.45, 2.75) is 43.9 Å². The zero-order valence-corrected chi connectivity index (χ0v) is 20.3. The molecule has 196 valence electrons. The van der Waals surface area contributed by atoms with E-state index >= 15 is 0 Å². The number of aromatic nitrogens is 1. The molecule has 10 heteroatoms. The van der Waals surface area contributed by atoms with Crippen LogP contribution in [-0.4, -0.2) is 29.9 Å². The molecule has 38 heavy (non-hydrogen) atoms. The summed E-state index contributed by atoms with van der Waals surface area (Å²) < 4.78 is 57.0. The van der Waals surface area contributed by atoms with Gasteiger partial charge in [0.05, 0.1) is 12.7 Å². The molecule has 1 amide bonds. The van der Waals surface area contributed by atoms with Gasteiger partial charge < -0.3 is 19.5 Å². The van der Waals surface area contributed by atoms with Crippen molar-refractivity contribution in [2.75, 3.05) is 12.4 Å². The molecule has 6 rings (SSSR count). The van der Waals surface area contributed by atoms with Crippen LogP contribution in [0.2, 0.25) is 0 Å². The second-order valence-corrected chi connectivity index (χ2v) is 9.71. The van der Waals surface area contributed by atoms with Crippen molar-refractivity contribution >= 4 is 17.5 Å². The summed E-state index contributed by atoms with van der Waals surface area (Å²) in [6.45, 7) is 0. The number of nitrogens with one attached hydrogen (secondary N) is 1. The van der Waals surface area contributed by atoms with E-state index in [4.69, 9.17) is 14.2 Å². The van der Waals surface area contributed by atoms with Gasteiger partial charge in [-0.15, -0.1) is 0 Å². The fraction of sp³-hybridized carbons (Fsp3) is 0.321. The molecule has 0 radical (unpaired) electrons. The van der Waals surface area contributed by atoms with Gasteiger partial charge in [0, 0.05) is 48.4 Å². The molecule has 2 aliphatic heterocycles. The molecule has 1 aliphatic carbocycles. The molecule has 0 saturated heterocycles. The average molecular weight is 524 g/mol. The highest BCUT2D eigenvalue weighted by atomic mass is 19.4. The van der Waals surface area contributed by atoms with Gasteiger partial charge in [-0.05, 0) is 48.4 Å². The predicted molar refractivity (Wildman–Crippen MR) is 130 cm³/mol. The molecule has 1 saturated carbocycles. The van der Waals surface area contributed by atoms with Crippen LogP contribution in [0.5, 0.6) is 23.0 Å². The minimum Gasteiger partial charge on any atom is -0.496 e. The number of carbonyl (C=O) groups is 2. The Bertz CT molecular complexity index is 1450.